The molecule has 0 bridgehead atoms. The fraction of sp³-hybridized carbons (Fsp3) is 0.467. The number of carbonyl (C=O) groups excluding carboxylic acids is 1. The first-order chi connectivity index (χ1) is 10.7. The van der Waals surface area contributed by atoms with E-state index in [4.69, 9.17) is 5.11 Å². The van der Waals surface area contributed by atoms with Crippen molar-refractivity contribution in [2.24, 2.45) is 0 Å². The van der Waals surface area contributed by atoms with Crippen molar-refractivity contribution in [3.05, 3.63) is 29.8 Å². The maximum Gasteiger partial charge on any atom is 0.323 e. The number of nitrogens with zero attached hydrogens (tertiary/aromatic N) is 1. The highest BCUT2D eigenvalue weighted by molar-refractivity contribution is 7.89. The first-order valence-electron chi connectivity index (χ1n) is 7.27. The quantitative estimate of drug-likeness (QED) is 0.729. The smallest absolute Gasteiger partial charge is 0.323 e. The molecule has 0 heterocycles. The number of hydrogen-bond donors (Lipinski definition) is 2. The van der Waals surface area contributed by atoms with Crippen LogP contribution in [-0.4, -0.2) is 49.4 Å². The summed E-state index contributed by atoms with van der Waals surface area (Å²) in [6, 6.07) is 5.74. The van der Waals surface area contributed by atoms with Gasteiger partial charge in [0.05, 0.1) is 11.3 Å². The summed E-state index contributed by atoms with van der Waals surface area (Å²) in [4.78, 5) is 24.4. The van der Waals surface area contributed by atoms with Crippen LogP contribution in [-0.2, 0) is 26.0 Å². The van der Waals surface area contributed by atoms with E-state index in [1.165, 1.54) is 17.0 Å². The molecule has 0 aliphatic carbocycles. The maximum atomic E-state index is 12.2. The molecule has 1 aromatic rings. The number of benzene rings is 1. The second-order valence-corrected chi connectivity index (χ2v) is 7.10. The number of sulfonamides is 1. The number of aliphatic carboxylic acids is 1. The monoisotopic (exact) mass is 342 g/mol. The minimum atomic E-state index is -3.52. The highest BCUT2D eigenvalue weighted by atomic mass is 32.2. The molecule has 0 aliphatic heterocycles. The fourth-order valence-corrected chi connectivity index (χ4v) is 3.08. The Morgan fingerprint density at radius 3 is 2.22 bits per heavy atom. The van der Waals surface area contributed by atoms with E-state index in [0.29, 0.717) is 12.1 Å². The predicted molar refractivity (Wildman–Crippen MR) is 85.5 cm³/mol. The SMILES string of the molecule is CCNS(=O)(=O)c1ccc(CC(=O)N(CC(=O)O)C(C)C)cc1. The van der Waals surface area contributed by atoms with Crippen LogP contribution < -0.4 is 4.72 Å². The van der Waals surface area contributed by atoms with Gasteiger partial charge in [0.25, 0.3) is 0 Å². The minimum absolute atomic E-state index is 0.0208. The fourth-order valence-electron chi connectivity index (χ4n) is 2.04. The van der Waals surface area contributed by atoms with E-state index in [9.17, 15) is 18.0 Å². The lowest BCUT2D eigenvalue weighted by Crippen LogP contribution is -2.41. The van der Waals surface area contributed by atoms with Gasteiger partial charge in [-0.05, 0) is 31.5 Å². The van der Waals surface area contributed by atoms with Crippen LogP contribution in [0.15, 0.2) is 29.2 Å². The Kier molecular flexibility index (Phi) is 6.71. The number of nitrogens with one attached hydrogen (secondary N) is 1. The first kappa shape index (κ1) is 19.1. The molecule has 1 aromatic carbocycles. The van der Waals surface area contributed by atoms with Gasteiger partial charge in [0.15, 0.2) is 0 Å². The minimum Gasteiger partial charge on any atom is -0.480 e. The largest absolute Gasteiger partial charge is 0.480 e. The summed E-state index contributed by atoms with van der Waals surface area (Å²) in [5.41, 5.74) is 0.626. The van der Waals surface area contributed by atoms with E-state index in [2.05, 4.69) is 4.72 Å². The summed E-state index contributed by atoms with van der Waals surface area (Å²) in [5, 5.41) is 8.86. The van der Waals surface area contributed by atoms with Crippen LogP contribution in [0, 0.1) is 0 Å². The van der Waals surface area contributed by atoms with Gasteiger partial charge in [0.2, 0.25) is 15.9 Å². The highest BCUT2D eigenvalue weighted by Gasteiger charge is 2.20. The second-order valence-electron chi connectivity index (χ2n) is 5.33. The molecule has 0 spiro atoms. The van der Waals surface area contributed by atoms with Gasteiger partial charge in [-0.3, -0.25) is 9.59 Å². The van der Waals surface area contributed by atoms with Crippen LogP contribution in [0.1, 0.15) is 26.3 Å². The summed E-state index contributed by atoms with van der Waals surface area (Å²) >= 11 is 0. The molecular weight excluding hydrogens is 320 g/mol. The van der Waals surface area contributed by atoms with Gasteiger partial charge >= 0.3 is 5.97 Å². The predicted octanol–water partition coefficient (Wildman–Crippen LogP) is 0.849. The lowest BCUT2D eigenvalue weighted by molar-refractivity contribution is -0.145. The van der Waals surface area contributed by atoms with Crippen LogP contribution in [0.4, 0.5) is 0 Å². The number of carboxylic acid groups (broad SMARTS) is 1. The highest BCUT2D eigenvalue weighted by Crippen LogP contribution is 2.12. The van der Waals surface area contributed by atoms with Gasteiger partial charge < -0.3 is 10.0 Å². The number of rotatable bonds is 8. The molecule has 7 nitrogen and oxygen atoms in total. The normalized spacial score (nSPS) is 11.5. The molecule has 0 fully saturated rings. The molecule has 0 aliphatic rings. The second kappa shape index (κ2) is 8.07. The molecule has 8 heteroatoms. The zero-order valence-corrected chi connectivity index (χ0v) is 14.3. The summed E-state index contributed by atoms with van der Waals surface area (Å²) in [5.74, 6) is -1.39. The van der Waals surface area contributed by atoms with Crippen molar-refractivity contribution >= 4 is 21.9 Å². The molecule has 128 valence electrons. The van der Waals surface area contributed by atoms with Crippen molar-refractivity contribution in [2.45, 2.75) is 38.1 Å². The zero-order chi connectivity index (χ0) is 17.6. The lowest BCUT2D eigenvalue weighted by Gasteiger charge is -2.25. The van der Waals surface area contributed by atoms with Crippen molar-refractivity contribution in [2.75, 3.05) is 13.1 Å². The molecule has 23 heavy (non-hydrogen) atoms. The van der Waals surface area contributed by atoms with Gasteiger partial charge in [0, 0.05) is 12.6 Å². The van der Waals surface area contributed by atoms with Gasteiger partial charge in [0.1, 0.15) is 6.54 Å². The lowest BCUT2D eigenvalue weighted by atomic mass is 10.1. The van der Waals surface area contributed by atoms with E-state index >= 15 is 0 Å². The molecule has 0 aromatic heterocycles. The van der Waals surface area contributed by atoms with Crippen molar-refractivity contribution in [3.63, 3.8) is 0 Å². The Morgan fingerprint density at radius 1 is 1.22 bits per heavy atom. The van der Waals surface area contributed by atoms with Crippen molar-refractivity contribution in [3.8, 4) is 0 Å². The standard InChI is InChI=1S/C15H22N2O5S/c1-4-16-23(21,22)13-7-5-12(6-8-13)9-14(18)17(11(2)3)10-15(19)20/h5-8,11,16H,4,9-10H2,1-3H3,(H,19,20). The van der Waals surface area contributed by atoms with Crippen LogP contribution in [0.3, 0.4) is 0 Å². The van der Waals surface area contributed by atoms with E-state index < -0.39 is 16.0 Å². The maximum absolute atomic E-state index is 12.2. The van der Waals surface area contributed by atoms with Crippen molar-refractivity contribution in [1.82, 2.24) is 9.62 Å². The Bertz CT molecular complexity index is 653. The Morgan fingerprint density at radius 2 is 1.78 bits per heavy atom. The molecule has 2 N–H and O–H groups in total. The Balaban J connectivity index is 2.85. The average Bonchev–Trinajstić information content (AvgIpc) is 2.44. The average molecular weight is 342 g/mol. The van der Waals surface area contributed by atoms with E-state index in [1.54, 1.807) is 32.9 Å². The third kappa shape index (κ3) is 5.65. The van der Waals surface area contributed by atoms with Crippen molar-refractivity contribution < 1.29 is 23.1 Å². The van der Waals surface area contributed by atoms with Gasteiger partial charge in [-0.25, -0.2) is 13.1 Å². The van der Waals surface area contributed by atoms with Crippen molar-refractivity contribution in [1.29, 1.82) is 0 Å². The topological polar surface area (TPSA) is 104 Å². The molecule has 0 saturated heterocycles. The Labute approximate surface area is 136 Å². The molecule has 0 unspecified atom stereocenters. The summed E-state index contributed by atoms with van der Waals surface area (Å²) in [6.07, 6.45) is 0.0208. The van der Waals surface area contributed by atoms with E-state index in [0.717, 1.165) is 0 Å². The van der Waals surface area contributed by atoms with Crippen LogP contribution in [0.5, 0.6) is 0 Å². The molecule has 1 rings (SSSR count). The van der Waals surface area contributed by atoms with Gasteiger partial charge in [-0.1, -0.05) is 19.1 Å². The van der Waals surface area contributed by atoms with Crippen LogP contribution >= 0.6 is 0 Å². The molecular formula is C15H22N2O5S. The first-order valence-corrected chi connectivity index (χ1v) is 8.75. The Hall–Kier alpha value is -1.93. The molecule has 0 radical (unpaired) electrons. The third-order valence-electron chi connectivity index (χ3n) is 3.17. The van der Waals surface area contributed by atoms with Gasteiger partial charge in [-0.2, -0.15) is 0 Å². The molecule has 0 saturated carbocycles. The summed E-state index contributed by atoms with van der Waals surface area (Å²) in [7, 11) is -3.52. The number of hydrogen-bond acceptors (Lipinski definition) is 4. The van der Waals surface area contributed by atoms with E-state index in [1.807, 2.05) is 0 Å². The van der Waals surface area contributed by atoms with E-state index in [-0.39, 0.29) is 29.8 Å². The molecule has 0 atom stereocenters. The molecule has 1 amide bonds. The van der Waals surface area contributed by atoms with Crippen LogP contribution in [0.2, 0.25) is 0 Å². The number of carbonyl (C=O) groups is 2. The number of carboxylic acids is 1. The zero-order valence-electron chi connectivity index (χ0n) is 13.4. The summed E-state index contributed by atoms with van der Waals surface area (Å²) in [6.45, 7) is 5.11. The third-order valence-corrected chi connectivity index (χ3v) is 4.73. The number of amides is 1. The summed E-state index contributed by atoms with van der Waals surface area (Å²) < 4.78 is 26.1. The van der Waals surface area contributed by atoms with Gasteiger partial charge in [-0.15, -0.1) is 0 Å². The van der Waals surface area contributed by atoms with Crippen LogP contribution in [0.25, 0.3) is 0 Å².